The Morgan fingerprint density at radius 3 is 2.67 bits per heavy atom. The highest BCUT2D eigenvalue weighted by molar-refractivity contribution is 5.28. The zero-order valence-corrected chi connectivity index (χ0v) is 7.79. The molecule has 1 aromatic heterocycles. The fourth-order valence-corrected chi connectivity index (χ4v) is 1.28. The molecule has 0 saturated carbocycles. The molecule has 0 spiro atoms. The van der Waals surface area contributed by atoms with Gasteiger partial charge in [0.2, 0.25) is 5.95 Å². The summed E-state index contributed by atoms with van der Waals surface area (Å²) in [6.45, 7) is 5.43. The molecule has 0 bridgehead atoms. The third-order valence-corrected chi connectivity index (χ3v) is 1.95. The molecule has 0 unspecified atom stereocenters. The lowest BCUT2D eigenvalue weighted by Crippen LogP contribution is -2.02. The van der Waals surface area contributed by atoms with Gasteiger partial charge >= 0.3 is 0 Å². The first-order valence-corrected chi connectivity index (χ1v) is 4.01. The Hall–Kier alpha value is -1.03. The lowest BCUT2D eigenvalue weighted by molar-refractivity contribution is 0.181. The summed E-state index contributed by atoms with van der Waals surface area (Å²) in [5.74, 6) is 0.571. The first-order valence-electron chi connectivity index (χ1n) is 4.01. The predicted molar refractivity (Wildman–Crippen MR) is 47.8 cm³/mol. The van der Waals surface area contributed by atoms with Gasteiger partial charge in [-0.2, -0.15) is 0 Å². The fourth-order valence-electron chi connectivity index (χ4n) is 1.28. The molecule has 0 aromatic carbocycles. The molecule has 0 atom stereocenters. The van der Waals surface area contributed by atoms with Crippen LogP contribution in [-0.4, -0.2) is 16.7 Å². The second-order valence-electron chi connectivity index (χ2n) is 2.68. The Labute approximate surface area is 72.3 Å². The molecule has 2 N–H and O–H groups in total. The average molecular weight is 169 g/mol. The third kappa shape index (κ3) is 1.43. The van der Waals surface area contributed by atoms with Gasteiger partial charge in [0.1, 0.15) is 0 Å². The summed E-state index contributed by atoms with van der Waals surface area (Å²) >= 11 is 0. The van der Waals surface area contributed by atoms with E-state index in [0.29, 0.717) is 12.6 Å². The molecule has 4 heteroatoms. The van der Waals surface area contributed by atoms with Gasteiger partial charge in [-0.1, -0.05) is 0 Å². The van der Waals surface area contributed by atoms with E-state index in [9.17, 15) is 0 Å². The Balaban J connectivity index is 3.00. The first kappa shape index (κ1) is 9.06. The molecular weight excluding hydrogens is 154 g/mol. The Kier molecular flexibility index (Phi) is 2.70. The number of rotatable bonds is 3. The van der Waals surface area contributed by atoms with Crippen LogP contribution in [0.5, 0.6) is 0 Å². The SMILES string of the molecule is CCn1c(N)nc(COC)c1C. The van der Waals surface area contributed by atoms with Crippen LogP contribution in [0.2, 0.25) is 0 Å². The number of anilines is 1. The van der Waals surface area contributed by atoms with Gasteiger partial charge in [-0.05, 0) is 13.8 Å². The summed E-state index contributed by atoms with van der Waals surface area (Å²) < 4.78 is 6.96. The van der Waals surface area contributed by atoms with Crippen LogP contribution >= 0.6 is 0 Å². The number of ether oxygens (including phenoxy) is 1. The third-order valence-electron chi connectivity index (χ3n) is 1.95. The van der Waals surface area contributed by atoms with E-state index in [0.717, 1.165) is 17.9 Å². The molecule has 12 heavy (non-hydrogen) atoms. The van der Waals surface area contributed by atoms with Crippen LogP contribution in [0.3, 0.4) is 0 Å². The van der Waals surface area contributed by atoms with Crippen molar-refractivity contribution in [1.82, 2.24) is 9.55 Å². The maximum Gasteiger partial charge on any atom is 0.200 e. The number of imidazole rings is 1. The second-order valence-corrected chi connectivity index (χ2v) is 2.68. The molecule has 0 radical (unpaired) electrons. The van der Waals surface area contributed by atoms with Crippen molar-refractivity contribution in [3.8, 4) is 0 Å². The normalized spacial score (nSPS) is 10.6. The van der Waals surface area contributed by atoms with E-state index < -0.39 is 0 Å². The van der Waals surface area contributed by atoms with Crippen molar-refractivity contribution in [1.29, 1.82) is 0 Å². The molecule has 0 fully saturated rings. The van der Waals surface area contributed by atoms with Gasteiger partial charge in [0.25, 0.3) is 0 Å². The average Bonchev–Trinajstić information content (AvgIpc) is 2.29. The molecule has 0 aliphatic heterocycles. The highest BCUT2D eigenvalue weighted by Gasteiger charge is 2.08. The Bertz CT molecular complexity index is 268. The number of nitrogen functional groups attached to an aromatic ring is 1. The van der Waals surface area contributed by atoms with Gasteiger partial charge in [0.15, 0.2) is 0 Å². The van der Waals surface area contributed by atoms with Crippen LogP contribution in [0.1, 0.15) is 18.3 Å². The Morgan fingerprint density at radius 1 is 1.58 bits per heavy atom. The van der Waals surface area contributed by atoms with Crippen LogP contribution < -0.4 is 5.73 Å². The van der Waals surface area contributed by atoms with E-state index in [1.807, 2.05) is 18.4 Å². The summed E-state index contributed by atoms with van der Waals surface area (Å²) in [4.78, 5) is 4.19. The molecule has 1 aromatic rings. The van der Waals surface area contributed by atoms with Crippen LogP contribution in [0.4, 0.5) is 5.95 Å². The van der Waals surface area contributed by atoms with Crippen LogP contribution in [0.15, 0.2) is 0 Å². The molecule has 4 nitrogen and oxygen atoms in total. The highest BCUT2D eigenvalue weighted by atomic mass is 16.5. The predicted octanol–water partition coefficient (Wildman–Crippen LogP) is 0.940. The van der Waals surface area contributed by atoms with E-state index in [1.54, 1.807) is 7.11 Å². The lowest BCUT2D eigenvalue weighted by Gasteiger charge is -2.02. The topological polar surface area (TPSA) is 53.1 Å². The zero-order chi connectivity index (χ0) is 9.14. The van der Waals surface area contributed by atoms with E-state index in [-0.39, 0.29) is 0 Å². The molecular formula is C8H15N3O. The van der Waals surface area contributed by atoms with E-state index in [2.05, 4.69) is 4.98 Å². The van der Waals surface area contributed by atoms with Crippen molar-refractivity contribution in [2.24, 2.45) is 0 Å². The molecule has 0 aliphatic rings. The van der Waals surface area contributed by atoms with Crippen molar-refractivity contribution in [3.05, 3.63) is 11.4 Å². The molecule has 68 valence electrons. The van der Waals surface area contributed by atoms with Crippen molar-refractivity contribution < 1.29 is 4.74 Å². The monoisotopic (exact) mass is 169 g/mol. The van der Waals surface area contributed by atoms with Gasteiger partial charge in [-0.25, -0.2) is 4.98 Å². The van der Waals surface area contributed by atoms with Gasteiger partial charge in [0, 0.05) is 19.3 Å². The number of nitrogens with zero attached hydrogens (tertiary/aromatic N) is 2. The minimum atomic E-state index is 0.531. The largest absolute Gasteiger partial charge is 0.378 e. The van der Waals surface area contributed by atoms with Gasteiger partial charge in [0.05, 0.1) is 12.3 Å². The van der Waals surface area contributed by atoms with Gasteiger partial charge in [-0.3, -0.25) is 0 Å². The number of methoxy groups -OCH3 is 1. The summed E-state index contributed by atoms with van der Waals surface area (Å²) in [5, 5.41) is 0. The van der Waals surface area contributed by atoms with Gasteiger partial charge in [-0.15, -0.1) is 0 Å². The minimum Gasteiger partial charge on any atom is -0.378 e. The molecule has 1 heterocycles. The van der Waals surface area contributed by atoms with E-state index in [4.69, 9.17) is 10.5 Å². The zero-order valence-electron chi connectivity index (χ0n) is 7.79. The van der Waals surface area contributed by atoms with E-state index >= 15 is 0 Å². The molecule has 1 rings (SSSR count). The standard InChI is InChI=1S/C8H15N3O/c1-4-11-6(2)7(5-12-3)10-8(11)9/h4-5H2,1-3H3,(H2,9,10). The summed E-state index contributed by atoms with van der Waals surface area (Å²) in [7, 11) is 1.65. The number of hydrogen-bond acceptors (Lipinski definition) is 3. The van der Waals surface area contributed by atoms with Crippen molar-refractivity contribution in [2.75, 3.05) is 12.8 Å². The lowest BCUT2D eigenvalue weighted by atomic mass is 10.3. The fraction of sp³-hybridized carbons (Fsp3) is 0.625. The first-order chi connectivity index (χ1) is 5.70. The van der Waals surface area contributed by atoms with Crippen LogP contribution in [-0.2, 0) is 17.9 Å². The van der Waals surface area contributed by atoms with Crippen LogP contribution in [0.25, 0.3) is 0 Å². The molecule has 0 amide bonds. The smallest absolute Gasteiger partial charge is 0.200 e. The number of nitrogens with two attached hydrogens (primary N) is 1. The number of aromatic nitrogens is 2. The summed E-state index contributed by atoms with van der Waals surface area (Å²) in [5.41, 5.74) is 7.70. The summed E-state index contributed by atoms with van der Waals surface area (Å²) in [6.07, 6.45) is 0. The highest BCUT2D eigenvalue weighted by Crippen LogP contribution is 2.12. The number of hydrogen-bond donors (Lipinski definition) is 1. The van der Waals surface area contributed by atoms with Crippen LogP contribution in [0, 0.1) is 6.92 Å². The van der Waals surface area contributed by atoms with Crippen molar-refractivity contribution in [2.45, 2.75) is 27.0 Å². The molecule has 0 aliphatic carbocycles. The molecule has 0 saturated heterocycles. The minimum absolute atomic E-state index is 0.531. The van der Waals surface area contributed by atoms with E-state index in [1.165, 1.54) is 0 Å². The maximum absolute atomic E-state index is 5.68. The Morgan fingerprint density at radius 2 is 2.25 bits per heavy atom. The van der Waals surface area contributed by atoms with Crippen molar-refractivity contribution in [3.63, 3.8) is 0 Å². The second kappa shape index (κ2) is 3.58. The van der Waals surface area contributed by atoms with Gasteiger partial charge < -0.3 is 15.0 Å². The maximum atomic E-state index is 5.68. The quantitative estimate of drug-likeness (QED) is 0.732. The summed E-state index contributed by atoms with van der Waals surface area (Å²) in [6, 6.07) is 0. The van der Waals surface area contributed by atoms with Crippen molar-refractivity contribution >= 4 is 5.95 Å².